The first kappa shape index (κ1) is 14.7. The number of carboxylic acids is 1. The number of nitrogens with zero attached hydrogens (tertiary/aromatic N) is 1. The summed E-state index contributed by atoms with van der Waals surface area (Å²) in [5.41, 5.74) is 1.51. The van der Waals surface area contributed by atoms with E-state index in [9.17, 15) is 9.90 Å². The molecule has 0 saturated carbocycles. The molecule has 0 aliphatic carbocycles. The Balaban J connectivity index is 0.00000162. The van der Waals surface area contributed by atoms with Crippen LogP contribution in [0.5, 0.6) is 5.88 Å². The average molecular weight is 251 g/mol. The van der Waals surface area contributed by atoms with E-state index in [1.54, 1.807) is 6.07 Å². The van der Waals surface area contributed by atoms with Gasteiger partial charge in [-0.25, -0.2) is 4.98 Å². The molecule has 0 spiro atoms. The summed E-state index contributed by atoms with van der Waals surface area (Å²) in [4.78, 5) is 14.9. The number of carbonyl (C=O) groups excluding carboxylic acids is 1. The van der Waals surface area contributed by atoms with Crippen LogP contribution in [0, 0.1) is 0 Å². The van der Waals surface area contributed by atoms with Gasteiger partial charge in [-0.05, 0) is 12.1 Å². The third-order valence-corrected chi connectivity index (χ3v) is 2.34. The monoisotopic (exact) mass is 251 g/mol. The molecule has 0 amide bonds. The fraction of sp³-hybridized carbons (Fsp3) is 0.0769. The van der Waals surface area contributed by atoms with Gasteiger partial charge >= 0.3 is 29.6 Å². The Labute approximate surface area is 127 Å². The molecule has 1 aromatic heterocycles. The van der Waals surface area contributed by atoms with Gasteiger partial charge in [0.1, 0.15) is 0 Å². The first-order valence-corrected chi connectivity index (χ1v) is 5.04. The van der Waals surface area contributed by atoms with Gasteiger partial charge in [-0.15, -0.1) is 0 Å². The molecular formula is C13H10NNaO3. The maximum absolute atomic E-state index is 10.8. The van der Waals surface area contributed by atoms with E-state index in [1.165, 1.54) is 13.2 Å². The zero-order chi connectivity index (χ0) is 12.3. The van der Waals surface area contributed by atoms with Gasteiger partial charge in [0.05, 0.1) is 24.3 Å². The Hall–Kier alpha value is -1.36. The molecule has 0 atom stereocenters. The fourth-order valence-corrected chi connectivity index (χ4v) is 1.52. The van der Waals surface area contributed by atoms with Crippen LogP contribution >= 0.6 is 0 Å². The Morgan fingerprint density at radius 3 is 2.39 bits per heavy atom. The number of hydrogen-bond donors (Lipinski definition) is 0. The van der Waals surface area contributed by atoms with Crippen molar-refractivity contribution in [2.24, 2.45) is 0 Å². The number of benzene rings is 1. The first-order chi connectivity index (χ1) is 8.22. The molecule has 0 fully saturated rings. The molecule has 2 rings (SSSR count). The fourth-order valence-electron chi connectivity index (χ4n) is 1.52. The maximum atomic E-state index is 10.8. The van der Waals surface area contributed by atoms with Crippen LogP contribution in [0.3, 0.4) is 0 Å². The SMILES string of the molecule is COc1nc(-c2ccccc2)ccc1C(=O)[O-].[Na+]. The first-order valence-electron chi connectivity index (χ1n) is 5.04. The van der Waals surface area contributed by atoms with Crippen LogP contribution in [0.4, 0.5) is 0 Å². The van der Waals surface area contributed by atoms with Gasteiger partial charge in [-0.1, -0.05) is 30.3 Å². The summed E-state index contributed by atoms with van der Waals surface area (Å²) >= 11 is 0. The second kappa shape index (κ2) is 6.54. The van der Waals surface area contributed by atoms with Gasteiger partial charge < -0.3 is 14.6 Å². The van der Waals surface area contributed by atoms with E-state index in [0.29, 0.717) is 5.69 Å². The minimum atomic E-state index is -1.30. The predicted octanol–water partition coefficient (Wildman–Crippen LogP) is -1.88. The summed E-state index contributed by atoms with van der Waals surface area (Å²) in [6.07, 6.45) is 0. The van der Waals surface area contributed by atoms with E-state index < -0.39 is 5.97 Å². The zero-order valence-electron chi connectivity index (χ0n) is 10.2. The van der Waals surface area contributed by atoms with E-state index in [2.05, 4.69) is 4.98 Å². The van der Waals surface area contributed by atoms with Crippen LogP contribution in [0.2, 0.25) is 0 Å². The van der Waals surface area contributed by atoms with Gasteiger partial charge in [0.25, 0.3) is 0 Å². The summed E-state index contributed by atoms with van der Waals surface area (Å²) in [5.74, 6) is -1.24. The van der Waals surface area contributed by atoms with Crippen LogP contribution < -0.4 is 39.4 Å². The maximum Gasteiger partial charge on any atom is 1.00 e. The predicted molar refractivity (Wildman–Crippen MR) is 60.6 cm³/mol. The number of aromatic nitrogens is 1. The average Bonchev–Trinajstić information content (AvgIpc) is 2.39. The molecule has 1 heterocycles. The Morgan fingerprint density at radius 1 is 1.17 bits per heavy atom. The molecule has 0 N–H and O–H groups in total. The Bertz CT molecular complexity index is 543. The van der Waals surface area contributed by atoms with Crippen molar-refractivity contribution in [3.8, 4) is 17.1 Å². The molecule has 5 heteroatoms. The van der Waals surface area contributed by atoms with Crippen LogP contribution in [-0.4, -0.2) is 18.1 Å². The van der Waals surface area contributed by atoms with E-state index in [0.717, 1.165) is 5.56 Å². The second-order valence-electron chi connectivity index (χ2n) is 3.41. The minimum absolute atomic E-state index is 0. The summed E-state index contributed by atoms with van der Waals surface area (Å²) in [6, 6.07) is 12.5. The number of rotatable bonds is 3. The second-order valence-corrected chi connectivity index (χ2v) is 3.41. The van der Waals surface area contributed by atoms with Crippen molar-refractivity contribution in [2.45, 2.75) is 0 Å². The molecule has 4 nitrogen and oxygen atoms in total. The topological polar surface area (TPSA) is 62.2 Å². The van der Waals surface area contributed by atoms with Crippen molar-refractivity contribution in [2.75, 3.05) is 7.11 Å². The van der Waals surface area contributed by atoms with Crippen LogP contribution in [0.25, 0.3) is 11.3 Å². The number of carboxylic acid groups (broad SMARTS) is 1. The Kier molecular flexibility index (Phi) is 5.34. The third kappa shape index (κ3) is 3.10. The Morgan fingerprint density at radius 2 is 1.83 bits per heavy atom. The number of methoxy groups -OCH3 is 1. The molecule has 0 radical (unpaired) electrons. The van der Waals surface area contributed by atoms with Crippen molar-refractivity contribution in [3.63, 3.8) is 0 Å². The van der Waals surface area contributed by atoms with Crippen molar-refractivity contribution < 1.29 is 44.2 Å². The zero-order valence-corrected chi connectivity index (χ0v) is 12.2. The van der Waals surface area contributed by atoms with Crippen molar-refractivity contribution in [1.82, 2.24) is 4.98 Å². The summed E-state index contributed by atoms with van der Waals surface area (Å²) in [7, 11) is 1.38. The number of carbonyl (C=O) groups is 1. The molecule has 18 heavy (non-hydrogen) atoms. The summed E-state index contributed by atoms with van der Waals surface area (Å²) in [5, 5.41) is 10.8. The van der Waals surface area contributed by atoms with Crippen LogP contribution in [0.1, 0.15) is 10.4 Å². The van der Waals surface area contributed by atoms with Gasteiger partial charge in [-0.3, -0.25) is 0 Å². The van der Waals surface area contributed by atoms with Crippen molar-refractivity contribution in [1.29, 1.82) is 0 Å². The van der Waals surface area contributed by atoms with Gasteiger partial charge in [-0.2, -0.15) is 0 Å². The largest absolute Gasteiger partial charge is 1.00 e. The third-order valence-electron chi connectivity index (χ3n) is 2.34. The van der Waals surface area contributed by atoms with Gasteiger partial charge in [0.15, 0.2) is 0 Å². The van der Waals surface area contributed by atoms with Crippen LogP contribution in [0.15, 0.2) is 42.5 Å². The number of aromatic carboxylic acids is 1. The quantitative estimate of drug-likeness (QED) is 0.599. The molecule has 1 aromatic carbocycles. The number of pyridine rings is 1. The minimum Gasteiger partial charge on any atom is -0.545 e. The number of hydrogen-bond acceptors (Lipinski definition) is 4. The van der Waals surface area contributed by atoms with Crippen molar-refractivity contribution >= 4 is 5.97 Å². The van der Waals surface area contributed by atoms with E-state index in [1.807, 2.05) is 30.3 Å². The number of ether oxygens (including phenoxy) is 1. The molecule has 0 aliphatic rings. The van der Waals surface area contributed by atoms with E-state index in [4.69, 9.17) is 4.74 Å². The molecule has 86 valence electrons. The smallest absolute Gasteiger partial charge is 0.545 e. The molecular weight excluding hydrogens is 241 g/mol. The van der Waals surface area contributed by atoms with Gasteiger partial charge in [0, 0.05) is 5.56 Å². The molecule has 0 unspecified atom stereocenters. The van der Waals surface area contributed by atoms with Crippen LogP contribution in [-0.2, 0) is 0 Å². The molecule has 0 aliphatic heterocycles. The summed E-state index contributed by atoms with van der Waals surface area (Å²) in [6.45, 7) is 0. The van der Waals surface area contributed by atoms with Crippen molar-refractivity contribution in [3.05, 3.63) is 48.0 Å². The summed E-state index contributed by atoms with van der Waals surface area (Å²) < 4.78 is 4.94. The molecule has 0 saturated heterocycles. The molecule has 0 bridgehead atoms. The van der Waals surface area contributed by atoms with E-state index >= 15 is 0 Å². The normalized spacial score (nSPS) is 9.39. The van der Waals surface area contributed by atoms with Gasteiger partial charge in [0.2, 0.25) is 5.88 Å². The standard InChI is InChI=1S/C13H11NO3.Na/c1-17-12-10(13(15)16)7-8-11(14-12)9-5-3-2-4-6-9;/h2-8H,1H3,(H,15,16);/q;+1/p-1. The molecule has 2 aromatic rings. The van der Waals surface area contributed by atoms with E-state index in [-0.39, 0.29) is 41.0 Å².